The van der Waals surface area contributed by atoms with Gasteiger partial charge in [0.1, 0.15) is 5.82 Å². The van der Waals surface area contributed by atoms with Crippen LogP contribution in [0.2, 0.25) is 0 Å². The molecule has 0 unspecified atom stereocenters. The van der Waals surface area contributed by atoms with Gasteiger partial charge in [-0.15, -0.1) is 0 Å². The van der Waals surface area contributed by atoms with Gasteiger partial charge in [0, 0.05) is 5.41 Å². The monoisotopic (exact) mass is 372 g/mol. The van der Waals surface area contributed by atoms with Crippen LogP contribution < -0.4 is 0 Å². The lowest BCUT2D eigenvalue weighted by atomic mass is 9.81. The van der Waals surface area contributed by atoms with Gasteiger partial charge in [-0.2, -0.15) is 0 Å². The highest BCUT2D eigenvalue weighted by atomic mass is 19.1. The van der Waals surface area contributed by atoms with Crippen LogP contribution >= 0.6 is 0 Å². The maximum Gasteiger partial charge on any atom is 0.127 e. The summed E-state index contributed by atoms with van der Waals surface area (Å²) in [5, 5.41) is 0. The minimum atomic E-state index is -0.0840. The number of halogens is 1. The smallest absolute Gasteiger partial charge is 0.127 e. The molecule has 0 radical (unpaired) electrons. The Labute approximate surface area is 168 Å². The first kappa shape index (κ1) is 18.9. The summed E-state index contributed by atoms with van der Waals surface area (Å²) in [5.41, 5.74) is 9.30. The Bertz CT molecular complexity index is 1050. The van der Waals surface area contributed by atoms with Gasteiger partial charge in [0.15, 0.2) is 0 Å². The van der Waals surface area contributed by atoms with Crippen LogP contribution in [-0.2, 0) is 5.41 Å². The molecule has 0 spiro atoms. The number of benzene rings is 3. The third-order valence-electron chi connectivity index (χ3n) is 6.28. The molecule has 0 aliphatic heterocycles. The van der Waals surface area contributed by atoms with Gasteiger partial charge in [-0.3, -0.25) is 0 Å². The van der Waals surface area contributed by atoms with E-state index in [1.165, 1.54) is 22.3 Å². The minimum Gasteiger partial charge on any atom is -0.207 e. The molecular weight excluding hydrogens is 343 g/mol. The molecule has 0 heterocycles. The molecule has 0 atom stereocenters. The molecule has 1 aliphatic rings. The van der Waals surface area contributed by atoms with E-state index < -0.39 is 0 Å². The zero-order chi connectivity index (χ0) is 20.2. The Balaban J connectivity index is 1.89. The minimum absolute atomic E-state index is 0.0424. The highest BCUT2D eigenvalue weighted by Crippen LogP contribution is 2.49. The van der Waals surface area contributed by atoms with Crippen molar-refractivity contribution < 1.29 is 4.39 Å². The van der Waals surface area contributed by atoms with Gasteiger partial charge in [0.05, 0.1) is 0 Å². The summed E-state index contributed by atoms with van der Waals surface area (Å²) in [7, 11) is 0. The van der Waals surface area contributed by atoms with E-state index in [1.807, 2.05) is 0 Å². The molecule has 4 rings (SSSR count). The normalized spacial score (nSPS) is 14.5. The molecule has 0 saturated heterocycles. The third kappa shape index (κ3) is 2.80. The van der Waals surface area contributed by atoms with Crippen molar-refractivity contribution in [1.82, 2.24) is 0 Å². The summed E-state index contributed by atoms with van der Waals surface area (Å²) in [5.74, 6) is 0.390. The summed E-state index contributed by atoms with van der Waals surface area (Å²) in [6.07, 6.45) is 0. The van der Waals surface area contributed by atoms with Crippen molar-refractivity contribution in [2.45, 2.75) is 58.8 Å². The summed E-state index contributed by atoms with van der Waals surface area (Å²) in [4.78, 5) is 0. The maximum atomic E-state index is 15.0. The summed E-state index contributed by atoms with van der Waals surface area (Å²) < 4.78 is 15.0. The SMILES string of the molecule is CC(C)c1cc(-c2ccc3c(c2)C(C)(C)c2ccccc2-3)cc(F)c1C(C)C. The first-order valence-electron chi connectivity index (χ1n) is 10.3. The molecule has 1 heteroatoms. The molecule has 144 valence electrons. The second kappa shape index (κ2) is 6.58. The molecule has 0 fully saturated rings. The first-order valence-corrected chi connectivity index (χ1v) is 10.3. The van der Waals surface area contributed by atoms with Crippen molar-refractivity contribution in [2.24, 2.45) is 0 Å². The van der Waals surface area contributed by atoms with Crippen LogP contribution in [0.1, 0.15) is 75.6 Å². The topological polar surface area (TPSA) is 0 Å². The van der Waals surface area contributed by atoms with Crippen molar-refractivity contribution in [3.05, 3.63) is 82.7 Å². The molecule has 3 aromatic carbocycles. The van der Waals surface area contributed by atoms with Crippen molar-refractivity contribution in [2.75, 3.05) is 0 Å². The zero-order valence-corrected chi connectivity index (χ0v) is 17.7. The Morgan fingerprint density at radius 2 is 1.39 bits per heavy atom. The predicted octanol–water partition coefficient (Wildman–Crippen LogP) is 8.05. The molecule has 0 amide bonds. The van der Waals surface area contributed by atoms with Gasteiger partial charge in [-0.25, -0.2) is 4.39 Å². The van der Waals surface area contributed by atoms with E-state index >= 15 is 4.39 Å². The van der Waals surface area contributed by atoms with Gasteiger partial charge in [0.25, 0.3) is 0 Å². The van der Waals surface area contributed by atoms with Crippen molar-refractivity contribution in [3.63, 3.8) is 0 Å². The van der Waals surface area contributed by atoms with Gasteiger partial charge < -0.3 is 0 Å². The molecule has 0 aromatic heterocycles. The van der Waals surface area contributed by atoms with Gasteiger partial charge in [0.2, 0.25) is 0 Å². The molecular formula is C27H29F. The molecule has 0 saturated carbocycles. The van der Waals surface area contributed by atoms with Crippen molar-refractivity contribution in [1.29, 1.82) is 0 Å². The van der Waals surface area contributed by atoms with Crippen LogP contribution in [0, 0.1) is 5.82 Å². The Kier molecular flexibility index (Phi) is 4.45. The molecule has 0 bridgehead atoms. The standard InChI is InChI=1S/C27H29F/c1-16(2)22-13-19(15-25(28)26(22)17(3)4)18-11-12-21-20-9-7-8-10-23(20)27(5,6)24(21)14-18/h7-17H,1-6H3. The van der Waals surface area contributed by atoms with Crippen molar-refractivity contribution >= 4 is 0 Å². The van der Waals surface area contributed by atoms with Crippen LogP contribution in [0.3, 0.4) is 0 Å². The number of hydrogen-bond acceptors (Lipinski definition) is 0. The van der Waals surface area contributed by atoms with E-state index in [1.54, 1.807) is 6.07 Å². The fourth-order valence-corrected chi connectivity index (χ4v) is 4.78. The lowest BCUT2D eigenvalue weighted by Gasteiger charge is -2.22. The lowest BCUT2D eigenvalue weighted by Crippen LogP contribution is -2.14. The van der Waals surface area contributed by atoms with E-state index in [0.717, 1.165) is 22.3 Å². The molecule has 1 aliphatic carbocycles. The van der Waals surface area contributed by atoms with E-state index in [9.17, 15) is 0 Å². The average molecular weight is 373 g/mol. The lowest BCUT2D eigenvalue weighted by molar-refractivity contribution is 0.590. The van der Waals surface area contributed by atoms with Crippen LogP contribution in [0.4, 0.5) is 4.39 Å². The summed E-state index contributed by atoms with van der Waals surface area (Å²) in [6.45, 7) is 13.0. The highest BCUT2D eigenvalue weighted by molar-refractivity contribution is 5.83. The number of hydrogen-bond donors (Lipinski definition) is 0. The molecule has 28 heavy (non-hydrogen) atoms. The van der Waals surface area contributed by atoms with E-state index in [0.29, 0.717) is 5.92 Å². The van der Waals surface area contributed by atoms with Crippen LogP contribution in [0.15, 0.2) is 54.6 Å². The van der Waals surface area contributed by atoms with E-state index in [4.69, 9.17) is 0 Å². The fraction of sp³-hybridized carbons (Fsp3) is 0.333. The fourth-order valence-electron chi connectivity index (χ4n) is 4.78. The first-order chi connectivity index (χ1) is 13.2. The Morgan fingerprint density at radius 3 is 2.07 bits per heavy atom. The molecule has 0 nitrogen and oxygen atoms in total. The average Bonchev–Trinajstić information content (AvgIpc) is 2.88. The number of fused-ring (bicyclic) bond motifs is 3. The highest BCUT2D eigenvalue weighted by Gasteiger charge is 2.35. The zero-order valence-electron chi connectivity index (χ0n) is 17.7. The quantitative estimate of drug-likeness (QED) is 0.436. The Hall–Kier alpha value is -2.41. The largest absolute Gasteiger partial charge is 0.207 e. The second-order valence-corrected chi connectivity index (χ2v) is 9.20. The molecule has 0 N–H and O–H groups in total. The maximum absolute atomic E-state index is 15.0. The number of rotatable bonds is 3. The van der Waals surface area contributed by atoms with Gasteiger partial charge in [-0.1, -0.05) is 84.0 Å². The van der Waals surface area contributed by atoms with Gasteiger partial charge in [-0.05, 0) is 68.5 Å². The van der Waals surface area contributed by atoms with Crippen molar-refractivity contribution in [3.8, 4) is 22.3 Å². The second-order valence-electron chi connectivity index (χ2n) is 9.20. The Morgan fingerprint density at radius 1 is 0.714 bits per heavy atom. The third-order valence-corrected chi connectivity index (χ3v) is 6.28. The van der Waals surface area contributed by atoms with Crippen LogP contribution in [0.25, 0.3) is 22.3 Å². The molecule has 3 aromatic rings. The summed E-state index contributed by atoms with van der Waals surface area (Å²) >= 11 is 0. The van der Waals surface area contributed by atoms with E-state index in [-0.39, 0.29) is 17.2 Å². The van der Waals surface area contributed by atoms with Gasteiger partial charge >= 0.3 is 0 Å². The van der Waals surface area contributed by atoms with E-state index in [2.05, 4.69) is 90.1 Å². The van der Waals surface area contributed by atoms with Crippen LogP contribution in [0.5, 0.6) is 0 Å². The van der Waals surface area contributed by atoms with Crippen LogP contribution in [-0.4, -0.2) is 0 Å². The predicted molar refractivity (Wildman–Crippen MR) is 118 cm³/mol. The summed E-state index contributed by atoms with van der Waals surface area (Å²) in [6, 6.07) is 19.2.